The molecule has 2 aromatic heterocycles. The molecule has 1 saturated carbocycles. The van der Waals surface area contributed by atoms with Gasteiger partial charge in [0.1, 0.15) is 18.0 Å². The lowest BCUT2D eigenvalue weighted by atomic mass is 9.53. The predicted octanol–water partition coefficient (Wildman–Crippen LogP) is 5.11. The number of anilines is 2. The Kier molecular flexibility index (Phi) is 10.5. The van der Waals surface area contributed by atoms with Crippen LogP contribution in [0, 0.1) is 26.9 Å². The van der Waals surface area contributed by atoms with E-state index >= 15 is 0 Å². The molecule has 2 fully saturated rings. The molecule has 0 radical (unpaired) electrons. The van der Waals surface area contributed by atoms with Gasteiger partial charge in [0, 0.05) is 99.8 Å². The van der Waals surface area contributed by atoms with Crippen LogP contribution in [0.2, 0.25) is 0 Å². The second kappa shape index (κ2) is 15.2. The normalized spacial score (nSPS) is 26.3. The number of aliphatic hydroxyl groups is 1. The first-order valence-electron chi connectivity index (χ1n) is 18.8. The van der Waals surface area contributed by atoms with E-state index in [-0.39, 0.29) is 65.1 Å². The number of hydrogen-bond donors (Lipinski definition) is 1. The van der Waals surface area contributed by atoms with Crippen molar-refractivity contribution in [2.24, 2.45) is 16.7 Å². The van der Waals surface area contributed by atoms with E-state index in [9.17, 15) is 34.4 Å². The number of nitrogens with zero attached hydrogens (tertiary/aromatic N) is 6. The van der Waals surface area contributed by atoms with Gasteiger partial charge in [-0.25, -0.2) is 9.42 Å². The molecule has 300 valence electrons. The van der Waals surface area contributed by atoms with Crippen molar-refractivity contribution in [3.63, 3.8) is 0 Å². The van der Waals surface area contributed by atoms with Gasteiger partial charge < -0.3 is 29.1 Å². The summed E-state index contributed by atoms with van der Waals surface area (Å²) >= 11 is 0. The number of nitro groups is 1. The van der Waals surface area contributed by atoms with Crippen molar-refractivity contribution in [1.82, 2.24) is 15.3 Å². The SMILES string of the molecule is COC[C@H]1OC(=O)/C(=C\N(C)c2ccncc2)C2=C(O)C(=O)C3=C([C@H](OC(=O)CCCCCN(C)c4ccc([N+](=O)[O-])c5nonc45)C[C@]4(C)C(=O)CC[C@@H]34)[C@]21C. The molecular weight excluding hydrogens is 740 g/mol. The molecule has 3 aromatic rings. The highest BCUT2D eigenvalue weighted by Crippen LogP contribution is 2.62. The molecule has 0 amide bonds. The van der Waals surface area contributed by atoms with E-state index < -0.39 is 57.4 Å². The first-order chi connectivity index (χ1) is 27.2. The van der Waals surface area contributed by atoms with Crippen molar-refractivity contribution in [2.75, 3.05) is 44.2 Å². The van der Waals surface area contributed by atoms with E-state index in [1.54, 1.807) is 56.4 Å². The molecule has 3 aliphatic carbocycles. The fraction of sp³-hybridized carbons (Fsp3) is 0.475. The lowest BCUT2D eigenvalue weighted by molar-refractivity contribution is -0.383. The van der Waals surface area contributed by atoms with Crippen LogP contribution in [0.4, 0.5) is 17.1 Å². The van der Waals surface area contributed by atoms with Crippen molar-refractivity contribution in [3.8, 4) is 0 Å². The minimum absolute atomic E-state index is 0.0401. The Morgan fingerprint density at radius 2 is 1.82 bits per heavy atom. The number of ether oxygens (including phenoxy) is 3. The molecule has 1 N–H and O–H groups in total. The Morgan fingerprint density at radius 3 is 2.54 bits per heavy atom. The van der Waals surface area contributed by atoms with Gasteiger partial charge in [-0.3, -0.25) is 29.5 Å². The Bertz CT molecular complexity index is 2250. The van der Waals surface area contributed by atoms with Crippen molar-refractivity contribution in [3.05, 3.63) is 81.0 Å². The summed E-state index contributed by atoms with van der Waals surface area (Å²) in [5.41, 5.74) is -0.332. The van der Waals surface area contributed by atoms with Gasteiger partial charge in [-0.05, 0) is 60.3 Å². The van der Waals surface area contributed by atoms with Crippen LogP contribution in [0.25, 0.3) is 11.0 Å². The number of nitro benzene ring substituents is 1. The number of benzene rings is 1. The number of non-ortho nitro benzene ring substituents is 1. The third-order valence-corrected chi connectivity index (χ3v) is 12.1. The largest absolute Gasteiger partial charge is 0.504 e. The molecule has 1 aliphatic heterocycles. The maximum Gasteiger partial charge on any atom is 0.340 e. The number of carbonyl (C=O) groups is 4. The summed E-state index contributed by atoms with van der Waals surface area (Å²) in [6.07, 6.45) is 5.15. The molecule has 4 aliphatic rings. The van der Waals surface area contributed by atoms with Gasteiger partial charge in [0.2, 0.25) is 11.3 Å². The summed E-state index contributed by atoms with van der Waals surface area (Å²) in [7, 11) is 4.98. The van der Waals surface area contributed by atoms with Crippen LogP contribution in [0.15, 0.2) is 75.5 Å². The number of hydrogen-bond acceptors (Lipinski definition) is 16. The van der Waals surface area contributed by atoms with Gasteiger partial charge in [-0.1, -0.05) is 13.3 Å². The van der Waals surface area contributed by atoms with E-state index in [2.05, 4.69) is 15.3 Å². The molecular formula is C40H44N6O11. The quantitative estimate of drug-likeness (QED) is 0.0782. The highest BCUT2D eigenvalue weighted by molar-refractivity contribution is 6.14. The van der Waals surface area contributed by atoms with Crippen LogP contribution in [-0.2, 0) is 33.4 Å². The summed E-state index contributed by atoms with van der Waals surface area (Å²) < 4.78 is 22.6. The number of allylic oxidation sites excluding steroid dienone is 1. The zero-order valence-corrected chi connectivity index (χ0v) is 32.4. The molecule has 17 heteroatoms. The summed E-state index contributed by atoms with van der Waals surface area (Å²) in [6, 6.07) is 6.42. The van der Waals surface area contributed by atoms with Gasteiger partial charge in [0.05, 0.1) is 28.2 Å². The number of unbranched alkanes of at least 4 members (excludes halogenated alkanes) is 2. The Balaban J connectivity index is 1.14. The first-order valence-corrected chi connectivity index (χ1v) is 18.8. The van der Waals surface area contributed by atoms with E-state index in [0.717, 1.165) is 0 Å². The number of pyridine rings is 1. The number of aromatic nitrogens is 3. The van der Waals surface area contributed by atoms with E-state index in [1.165, 1.54) is 19.4 Å². The highest BCUT2D eigenvalue weighted by atomic mass is 16.6. The average molecular weight is 785 g/mol. The summed E-state index contributed by atoms with van der Waals surface area (Å²) in [4.78, 5) is 73.9. The number of cyclic esters (lactones) is 1. The smallest absolute Gasteiger partial charge is 0.340 e. The number of esters is 2. The van der Waals surface area contributed by atoms with E-state index in [0.29, 0.717) is 49.2 Å². The average Bonchev–Trinajstić information content (AvgIpc) is 3.79. The van der Waals surface area contributed by atoms with Crippen LogP contribution in [0.1, 0.15) is 58.8 Å². The van der Waals surface area contributed by atoms with Gasteiger partial charge in [0.25, 0.3) is 0 Å². The molecule has 1 aromatic carbocycles. The molecule has 1 saturated heterocycles. The van der Waals surface area contributed by atoms with Crippen molar-refractivity contribution in [2.45, 2.75) is 71.0 Å². The molecule has 57 heavy (non-hydrogen) atoms. The maximum atomic E-state index is 14.5. The maximum absolute atomic E-state index is 14.5. The summed E-state index contributed by atoms with van der Waals surface area (Å²) in [5.74, 6) is -3.21. The van der Waals surface area contributed by atoms with Crippen LogP contribution in [-0.4, -0.2) is 95.4 Å². The summed E-state index contributed by atoms with van der Waals surface area (Å²) in [6.45, 7) is 4.00. The molecule has 17 nitrogen and oxygen atoms in total. The number of aliphatic hydroxyl groups excluding tert-OH is 1. The Morgan fingerprint density at radius 1 is 1.09 bits per heavy atom. The fourth-order valence-electron chi connectivity index (χ4n) is 9.16. The van der Waals surface area contributed by atoms with Gasteiger partial charge in [0.15, 0.2) is 11.3 Å². The number of Topliss-reactive ketones (excluding diaryl/α,β-unsaturated/α-hetero) is 2. The molecule has 3 heterocycles. The van der Waals surface area contributed by atoms with Gasteiger partial charge in [-0.15, -0.1) is 0 Å². The van der Waals surface area contributed by atoms with E-state index in [1.807, 2.05) is 11.9 Å². The zero-order valence-electron chi connectivity index (χ0n) is 32.4. The van der Waals surface area contributed by atoms with Crippen molar-refractivity contribution in [1.29, 1.82) is 0 Å². The number of carbonyl (C=O) groups excluding carboxylic acids is 4. The van der Waals surface area contributed by atoms with Crippen LogP contribution in [0.3, 0.4) is 0 Å². The standard InChI is InChI=1S/C40H44N6O11/c1-39-19-27(55-30(48)9-7-6-8-18-44(3)25-11-12-26(46(52)53)35-34(25)42-57-43-35)33-31(24(39)10-13-28(39)47)36(49)37(50)32-23(20-45(4)22-14-16-41-17-15-22)38(51)56-29(21-54-5)40(32,33)2/h11-12,14-17,20,24,27,29,50H,6-10,13,18-19,21H2,1-5H3/b23-20-/t24-,27+,29+,39-,40-/m0/s1. The van der Waals surface area contributed by atoms with Gasteiger partial charge >= 0.3 is 17.6 Å². The minimum atomic E-state index is -1.38. The second-order valence-corrected chi connectivity index (χ2v) is 15.5. The second-order valence-electron chi connectivity index (χ2n) is 15.5. The molecule has 7 rings (SSSR count). The number of fused-ring (bicyclic) bond motifs is 5. The monoisotopic (exact) mass is 784 g/mol. The number of methoxy groups -OCH3 is 1. The van der Waals surface area contributed by atoms with Crippen molar-refractivity contribution >= 4 is 51.6 Å². The lowest BCUT2D eigenvalue weighted by Gasteiger charge is -2.53. The molecule has 0 spiro atoms. The number of rotatable bonds is 13. The third-order valence-electron chi connectivity index (χ3n) is 12.1. The van der Waals surface area contributed by atoms with Crippen LogP contribution >= 0.6 is 0 Å². The van der Waals surface area contributed by atoms with Crippen molar-refractivity contribution < 1.29 is 48.0 Å². The topological polar surface area (TPSA) is 218 Å². The molecule has 0 bridgehead atoms. The number of ketones is 2. The molecule has 0 unspecified atom stereocenters. The summed E-state index contributed by atoms with van der Waals surface area (Å²) in [5, 5.41) is 30.8. The lowest BCUT2D eigenvalue weighted by Crippen LogP contribution is -2.57. The van der Waals surface area contributed by atoms with Gasteiger partial charge in [-0.2, -0.15) is 0 Å². The Labute approximate surface area is 327 Å². The van der Waals surface area contributed by atoms with Crippen LogP contribution in [0.5, 0.6) is 0 Å². The molecule has 5 atom stereocenters. The minimum Gasteiger partial charge on any atom is -0.504 e. The van der Waals surface area contributed by atoms with E-state index in [4.69, 9.17) is 18.8 Å². The highest BCUT2D eigenvalue weighted by Gasteiger charge is 2.64. The van der Waals surface area contributed by atoms with Crippen LogP contribution < -0.4 is 9.80 Å². The Hall–Kier alpha value is -5.97. The first kappa shape index (κ1) is 39.3. The zero-order chi connectivity index (χ0) is 40.8. The third kappa shape index (κ3) is 6.62. The predicted molar refractivity (Wildman–Crippen MR) is 203 cm³/mol. The fourth-order valence-corrected chi connectivity index (χ4v) is 9.16.